The molecule has 0 aliphatic carbocycles. The highest BCUT2D eigenvalue weighted by Crippen LogP contribution is 2.28. The minimum absolute atomic E-state index is 0. The maximum Gasteiger partial charge on any atom is 0.252 e. The smallest absolute Gasteiger partial charge is 0.252 e. The quantitative estimate of drug-likeness (QED) is 0.826. The van der Waals surface area contributed by atoms with Crippen molar-refractivity contribution in [3.05, 3.63) is 48.3 Å². The van der Waals surface area contributed by atoms with Crippen LogP contribution in [0.4, 0.5) is 5.69 Å². The Bertz CT molecular complexity index is 652. The van der Waals surface area contributed by atoms with E-state index in [-0.39, 0.29) is 18.3 Å². The summed E-state index contributed by atoms with van der Waals surface area (Å²) >= 11 is 0. The highest BCUT2D eigenvalue weighted by atomic mass is 35.5. The predicted octanol–water partition coefficient (Wildman–Crippen LogP) is 2.56. The highest BCUT2D eigenvalue weighted by Gasteiger charge is 2.41. The van der Waals surface area contributed by atoms with Gasteiger partial charge in [-0.05, 0) is 56.6 Å². The van der Waals surface area contributed by atoms with Gasteiger partial charge in [0.05, 0.1) is 6.61 Å². The van der Waals surface area contributed by atoms with Gasteiger partial charge in [0.15, 0.2) is 0 Å². The number of anilines is 1. The zero-order valence-corrected chi connectivity index (χ0v) is 15.2. The van der Waals surface area contributed by atoms with Crippen LogP contribution < -0.4 is 10.6 Å². The lowest BCUT2D eigenvalue weighted by atomic mass is 9.87. The molecule has 1 aliphatic rings. The molecule has 1 aliphatic heterocycles. The molecule has 3 rings (SSSR count). The van der Waals surface area contributed by atoms with E-state index < -0.39 is 5.54 Å². The SMILES string of the molecule is CCOCc1ccc(NC(=O)C2(n3cccn3)CCNCC2)cc1.Cl. The second-order valence-electron chi connectivity index (χ2n) is 6.02. The van der Waals surface area contributed by atoms with Gasteiger partial charge in [0.2, 0.25) is 0 Å². The normalized spacial score (nSPS) is 16.0. The van der Waals surface area contributed by atoms with Gasteiger partial charge in [-0.3, -0.25) is 9.48 Å². The lowest BCUT2D eigenvalue weighted by Crippen LogP contribution is -2.52. The van der Waals surface area contributed by atoms with Crippen LogP contribution in [0.5, 0.6) is 0 Å². The van der Waals surface area contributed by atoms with Crippen LogP contribution in [-0.4, -0.2) is 35.4 Å². The number of carbonyl (C=O) groups excluding carboxylic acids is 1. The number of nitrogens with zero attached hydrogens (tertiary/aromatic N) is 2. The summed E-state index contributed by atoms with van der Waals surface area (Å²) < 4.78 is 7.19. The zero-order chi connectivity index (χ0) is 16.8. The molecular weight excluding hydrogens is 340 g/mol. The maximum atomic E-state index is 13.0. The molecule has 1 aromatic carbocycles. The molecule has 1 aromatic heterocycles. The van der Waals surface area contributed by atoms with Gasteiger partial charge in [-0.15, -0.1) is 12.4 Å². The van der Waals surface area contributed by atoms with E-state index in [9.17, 15) is 4.79 Å². The minimum atomic E-state index is -0.626. The van der Waals surface area contributed by atoms with Crippen molar-refractivity contribution in [2.75, 3.05) is 25.0 Å². The minimum Gasteiger partial charge on any atom is -0.377 e. The fraction of sp³-hybridized carbons (Fsp3) is 0.444. The number of halogens is 1. The summed E-state index contributed by atoms with van der Waals surface area (Å²) in [6.45, 7) is 4.87. The van der Waals surface area contributed by atoms with E-state index >= 15 is 0 Å². The molecule has 7 heteroatoms. The summed E-state index contributed by atoms with van der Waals surface area (Å²) in [5, 5.41) is 10.7. The molecule has 2 N–H and O–H groups in total. The van der Waals surface area contributed by atoms with Gasteiger partial charge >= 0.3 is 0 Å². The van der Waals surface area contributed by atoms with Crippen LogP contribution in [0.2, 0.25) is 0 Å². The van der Waals surface area contributed by atoms with Crippen LogP contribution in [0, 0.1) is 0 Å². The Kier molecular flexibility index (Phi) is 6.99. The maximum absolute atomic E-state index is 13.0. The van der Waals surface area contributed by atoms with Crippen LogP contribution in [-0.2, 0) is 21.7 Å². The summed E-state index contributed by atoms with van der Waals surface area (Å²) in [6.07, 6.45) is 5.04. The van der Waals surface area contributed by atoms with Crippen molar-refractivity contribution in [1.29, 1.82) is 0 Å². The van der Waals surface area contributed by atoms with E-state index in [4.69, 9.17) is 4.74 Å². The van der Waals surface area contributed by atoms with Gasteiger partial charge in [0.25, 0.3) is 5.91 Å². The second kappa shape index (κ2) is 8.99. The third-order valence-corrected chi connectivity index (χ3v) is 4.48. The summed E-state index contributed by atoms with van der Waals surface area (Å²) in [5.74, 6) is -0.00902. The number of carbonyl (C=O) groups is 1. The van der Waals surface area contributed by atoms with Crippen molar-refractivity contribution in [2.45, 2.75) is 31.9 Å². The number of amides is 1. The van der Waals surface area contributed by atoms with Crippen LogP contribution in [0.25, 0.3) is 0 Å². The molecule has 2 heterocycles. The molecular formula is C18H25ClN4O2. The van der Waals surface area contributed by atoms with Crippen LogP contribution in [0.15, 0.2) is 42.7 Å². The van der Waals surface area contributed by atoms with Crippen molar-refractivity contribution in [3.63, 3.8) is 0 Å². The first kappa shape index (κ1) is 19.4. The van der Waals surface area contributed by atoms with Crippen LogP contribution in [0.3, 0.4) is 0 Å². The zero-order valence-electron chi connectivity index (χ0n) is 14.4. The first-order valence-corrected chi connectivity index (χ1v) is 8.43. The number of rotatable bonds is 6. The van der Waals surface area contributed by atoms with Gasteiger partial charge in [-0.1, -0.05) is 12.1 Å². The van der Waals surface area contributed by atoms with Crippen molar-refractivity contribution >= 4 is 24.0 Å². The number of aromatic nitrogens is 2. The summed E-state index contributed by atoms with van der Waals surface area (Å²) in [5.41, 5.74) is 1.27. The highest BCUT2D eigenvalue weighted by molar-refractivity contribution is 5.96. The van der Waals surface area contributed by atoms with Gasteiger partial charge in [-0.25, -0.2) is 0 Å². The number of hydrogen-bond acceptors (Lipinski definition) is 4. The molecule has 2 aromatic rings. The Morgan fingerprint density at radius 3 is 2.64 bits per heavy atom. The molecule has 0 unspecified atom stereocenters. The van der Waals surface area contributed by atoms with Gasteiger partial charge in [0, 0.05) is 24.7 Å². The van der Waals surface area contributed by atoms with E-state index in [1.54, 1.807) is 10.9 Å². The Labute approximate surface area is 154 Å². The molecule has 1 fully saturated rings. The van der Waals surface area contributed by atoms with Gasteiger partial charge in [0.1, 0.15) is 5.54 Å². The van der Waals surface area contributed by atoms with Crippen LogP contribution >= 0.6 is 12.4 Å². The molecule has 25 heavy (non-hydrogen) atoms. The number of ether oxygens (including phenoxy) is 1. The molecule has 1 saturated heterocycles. The van der Waals surface area contributed by atoms with Crippen molar-refractivity contribution < 1.29 is 9.53 Å². The van der Waals surface area contributed by atoms with Gasteiger partial charge < -0.3 is 15.4 Å². The molecule has 0 atom stereocenters. The molecule has 136 valence electrons. The second-order valence-corrected chi connectivity index (χ2v) is 6.02. The first-order valence-electron chi connectivity index (χ1n) is 8.43. The van der Waals surface area contributed by atoms with E-state index in [1.807, 2.05) is 43.5 Å². The molecule has 0 spiro atoms. The average Bonchev–Trinajstić information content (AvgIpc) is 3.17. The lowest BCUT2D eigenvalue weighted by molar-refractivity contribution is -0.126. The first-order chi connectivity index (χ1) is 11.7. The molecule has 0 radical (unpaired) electrons. The monoisotopic (exact) mass is 364 g/mol. The Morgan fingerprint density at radius 2 is 2.04 bits per heavy atom. The number of benzene rings is 1. The Balaban J connectivity index is 0.00000225. The molecule has 0 saturated carbocycles. The molecule has 1 amide bonds. The Morgan fingerprint density at radius 1 is 1.32 bits per heavy atom. The Hall–Kier alpha value is -1.89. The fourth-order valence-corrected chi connectivity index (χ4v) is 3.07. The third-order valence-electron chi connectivity index (χ3n) is 4.48. The van der Waals surface area contributed by atoms with Crippen molar-refractivity contribution in [1.82, 2.24) is 15.1 Å². The molecule has 0 bridgehead atoms. The average molecular weight is 365 g/mol. The molecule has 6 nitrogen and oxygen atoms in total. The topological polar surface area (TPSA) is 68.2 Å². The van der Waals surface area contributed by atoms with E-state index in [0.29, 0.717) is 13.2 Å². The standard InChI is InChI=1S/C18H24N4O2.ClH/c1-2-24-14-15-4-6-16(7-5-15)21-17(23)18(8-11-19-12-9-18)22-13-3-10-20-22;/h3-7,10,13,19H,2,8-9,11-12,14H2,1H3,(H,21,23);1H. The van der Waals surface area contributed by atoms with Gasteiger partial charge in [-0.2, -0.15) is 5.10 Å². The van der Waals surface area contributed by atoms with E-state index in [2.05, 4.69) is 15.7 Å². The van der Waals surface area contributed by atoms with Crippen molar-refractivity contribution in [2.24, 2.45) is 0 Å². The summed E-state index contributed by atoms with van der Waals surface area (Å²) in [7, 11) is 0. The van der Waals surface area contributed by atoms with E-state index in [1.165, 1.54) is 0 Å². The summed E-state index contributed by atoms with van der Waals surface area (Å²) in [6, 6.07) is 9.66. The number of hydrogen-bond donors (Lipinski definition) is 2. The lowest BCUT2D eigenvalue weighted by Gasteiger charge is -2.36. The fourth-order valence-electron chi connectivity index (χ4n) is 3.07. The van der Waals surface area contributed by atoms with E-state index in [0.717, 1.165) is 37.2 Å². The number of piperidine rings is 1. The summed E-state index contributed by atoms with van der Waals surface area (Å²) in [4.78, 5) is 13.0. The largest absolute Gasteiger partial charge is 0.377 e. The third kappa shape index (κ3) is 4.39. The van der Waals surface area contributed by atoms with Crippen molar-refractivity contribution in [3.8, 4) is 0 Å². The van der Waals surface area contributed by atoms with Crippen LogP contribution in [0.1, 0.15) is 25.3 Å². The predicted molar refractivity (Wildman–Crippen MR) is 100.0 cm³/mol. The number of nitrogens with one attached hydrogen (secondary N) is 2.